The van der Waals surface area contributed by atoms with Gasteiger partial charge >= 0.3 is 11.7 Å². The molecule has 1 aromatic heterocycles. The molecule has 0 amide bonds. The number of nitrogens with one attached hydrogen (secondary N) is 1. The SMILES string of the molecule is O=C1O[C@@H](c2c(O)n(-c3ccc(Br)cc3)c(=O)[nH]c2=O)c2ccccc21. The lowest BCUT2D eigenvalue weighted by molar-refractivity contribution is 0.0449. The van der Waals surface area contributed by atoms with E-state index in [1.165, 1.54) is 0 Å². The number of cyclic esters (lactones) is 1. The van der Waals surface area contributed by atoms with Crippen LogP contribution in [0.5, 0.6) is 5.88 Å². The maximum Gasteiger partial charge on any atom is 0.339 e. The maximum absolute atomic E-state index is 12.4. The van der Waals surface area contributed by atoms with Crippen molar-refractivity contribution in [2.45, 2.75) is 6.10 Å². The van der Waals surface area contributed by atoms with Gasteiger partial charge in [-0.1, -0.05) is 34.1 Å². The number of hydrogen-bond donors (Lipinski definition) is 2. The van der Waals surface area contributed by atoms with Crippen LogP contribution < -0.4 is 11.2 Å². The summed E-state index contributed by atoms with van der Waals surface area (Å²) in [4.78, 5) is 38.8. The van der Waals surface area contributed by atoms with E-state index in [9.17, 15) is 19.5 Å². The molecular formula is C18H11BrN2O5. The van der Waals surface area contributed by atoms with Crippen molar-refractivity contribution in [1.29, 1.82) is 0 Å². The summed E-state index contributed by atoms with van der Waals surface area (Å²) in [6.07, 6.45) is -1.09. The summed E-state index contributed by atoms with van der Waals surface area (Å²) in [6, 6.07) is 13.2. The summed E-state index contributed by atoms with van der Waals surface area (Å²) >= 11 is 3.29. The Morgan fingerprint density at radius 2 is 1.73 bits per heavy atom. The minimum atomic E-state index is -1.09. The maximum atomic E-state index is 12.4. The summed E-state index contributed by atoms with van der Waals surface area (Å²) < 4.78 is 7.03. The molecule has 7 nitrogen and oxygen atoms in total. The predicted octanol–water partition coefficient (Wildman–Crippen LogP) is 2.25. The molecular weight excluding hydrogens is 404 g/mol. The zero-order valence-corrected chi connectivity index (χ0v) is 14.7. The number of aromatic amines is 1. The van der Waals surface area contributed by atoms with Gasteiger partial charge in [-0.15, -0.1) is 0 Å². The number of benzene rings is 2. The molecule has 130 valence electrons. The Hall–Kier alpha value is -3.13. The van der Waals surface area contributed by atoms with Gasteiger partial charge in [0.25, 0.3) is 5.56 Å². The number of aromatic nitrogens is 2. The number of nitrogens with zero attached hydrogens (tertiary/aromatic N) is 1. The second-order valence-corrected chi connectivity index (χ2v) is 6.60. The highest BCUT2D eigenvalue weighted by molar-refractivity contribution is 9.10. The van der Waals surface area contributed by atoms with Crippen LogP contribution in [0.3, 0.4) is 0 Å². The lowest BCUT2D eigenvalue weighted by Crippen LogP contribution is -2.32. The predicted molar refractivity (Wildman–Crippen MR) is 95.7 cm³/mol. The number of esters is 1. The molecule has 3 aromatic rings. The Morgan fingerprint density at radius 1 is 1.04 bits per heavy atom. The molecule has 0 fully saturated rings. The van der Waals surface area contributed by atoms with Crippen LogP contribution in [0.4, 0.5) is 0 Å². The molecule has 2 N–H and O–H groups in total. The van der Waals surface area contributed by atoms with E-state index in [-0.39, 0.29) is 5.56 Å². The average Bonchev–Trinajstić information content (AvgIpc) is 2.93. The van der Waals surface area contributed by atoms with Crippen LogP contribution in [-0.4, -0.2) is 20.6 Å². The molecule has 1 aliphatic rings. The van der Waals surface area contributed by atoms with Crippen LogP contribution in [0.25, 0.3) is 5.69 Å². The van der Waals surface area contributed by atoms with E-state index < -0.39 is 29.2 Å². The van der Waals surface area contributed by atoms with Crippen LogP contribution in [0, 0.1) is 0 Å². The first kappa shape index (κ1) is 16.3. The number of hydrogen-bond acceptors (Lipinski definition) is 5. The Kier molecular flexibility index (Phi) is 3.77. The average molecular weight is 415 g/mol. The van der Waals surface area contributed by atoms with Crippen molar-refractivity contribution in [3.63, 3.8) is 0 Å². The summed E-state index contributed by atoms with van der Waals surface area (Å²) in [6.45, 7) is 0. The van der Waals surface area contributed by atoms with E-state index in [4.69, 9.17) is 4.74 Å². The number of H-pyrrole nitrogens is 1. The quantitative estimate of drug-likeness (QED) is 0.626. The first-order valence-electron chi connectivity index (χ1n) is 7.61. The molecule has 0 aliphatic carbocycles. The largest absolute Gasteiger partial charge is 0.494 e. The molecule has 0 spiro atoms. The number of halogens is 1. The number of rotatable bonds is 2. The van der Waals surface area contributed by atoms with Crippen LogP contribution in [-0.2, 0) is 4.74 Å². The fourth-order valence-corrected chi connectivity index (χ4v) is 3.23. The van der Waals surface area contributed by atoms with Gasteiger partial charge in [0.2, 0.25) is 5.88 Å². The zero-order chi connectivity index (χ0) is 18.4. The summed E-state index contributed by atoms with van der Waals surface area (Å²) in [5.74, 6) is -1.17. The van der Waals surface area contributed by atoms with Crippen molar-refractivity contribution >= 4 is 21.9 Å². The highest BCUT2D eigenvalue weighted by Gasteiger charge is 2.36. The minimum absolute atomic E-state index is 0.203. The molecule has 26 heavy (non-hydrogen) atoms. The van der Waals surface area contributed by atoms with Gasteiger partial charge < -0.3 is 9.84 Å². The van der Waals surface area contributed by atoms with Crippen molar-refractivity contribution in [2.75, 3.05) is 0 Å². The lowest BCUT2D eigenvalue weighted by atomic mass is 10.0. The highest BCUT2D eigenvalue weighted by Crippen LogP contribution is 2.37. The minimum Gasteiger partial charge on any atom is -0.494 e. The van der Waals surface area contributed by atoms with Gasteiger partial charge in [0.15, 0.2) is 6.10 Å². The number of carbonyl (C=O) groups excluding carboxylic acids is 1. The molecule has 8 heteroatoms. The van der Waals surface area contributed by atoms with E-state index >= 15 is 0 Å². The van der Waals surface area contributed by atoms with Crippen molar-refractivity contribution in [3.8, 4) is 11.6 Å². The molecule has 2 aromatic carbocycles. The first-order valence-corrected chi connectivity index (χ1v) is 8.40. The van der Waals surface area contributed by atoms with Crippen LogP contribution in [0.1, 0.15) is 27.6 Å². The number of aromatic hydroxyl groups is 1. The topological polar surface area (TPSA) is 101 Å². The molecule has 1 atom stereocenters. The van der Waals surface area contributed by atoms with Gasteiger partial charge in [0, 0.05) is 10.0 Å². The third kappa shape index (κ3) is 2.46. The Bertz CT molecular complexity index is 1150. The summed E-state index contributed by atoms with van der Waals surface area (Å²) in [5, 5.41) is 10.7. The Morgan fingerprint density at radius 3 is 2.46 bits per heavy atom. The zero-order valence-electron chi connectivity index (χ0n) is 13.1. The van der Waals surface area contributed by atoms with E-state index in [0.29, 0.717) is 16.8 Å². The smallest absolute Gasteiger partial charge is 0.339 e. The molecule has 0 saturated heterocycles. The Balaban J connectivity index is 1.96. The van der Waals surface area contributed by atoms with Gasteiger partial charge in [0.05, 0.1) is 11.3 Å². The second kappa shape index (κ2) is 5.99. The molecule has 1 aliphatic heterocycles. The van der Waals surface area contributed by atoms with E-state index in [1.54, 1.807) is 48.5 Å². The third-order valence-corrected chi connectivity index (χ3v) is 4.68. The van der Waals surface area contributed by atoms with E-state index in [0.717, 1.165) is 9.04 Å². The van der Waals surface area contributed by atoms with Crippen LogP contribution >= 0.6 is 15.9 Å². The molecule has 0 bridgehead atoms. The highest BCUT2D eigenvalue weighted by atomic mass is 79.9. The van der Waals surface area contributed by atoms with Gasteiger partial charge in [-0.2, -0.15) is 0 Å². The van der Waals surface area contributed by atoms with Gasteiger partial charge in [0.1, 0.15) is 5.56 Å². The number of fused-ring (bicyclic) bond motifs is 1. The van der Waals surface area contributed by atoms with Gasteiger partial charge in [-0.3, -0.25) is 9.78 Å². The monoisotopic (exact) mass is 414 g/mol. The molecule has 4 rings (SSSR count). The third-order valence-electron chi connectivity index (χ3n) is 4.16. The standard InChI is InChI=1S/C18H11BrN2O5/c19-9-5-7-10(8-6-9)21-16(23)13(15(22)20-18(21)25)14-11-3-1-2-4-12(11)17(24)26-14/h1-8,14,23H,(H,20,22,25)/t14-/m1/s1. The van der Waals surface area contributed by atoms with Crippen molar-refractivity contribution in [1.82, 2.24) is 9.55 Å². The van der Waals surface area contributed by atoms with Crippen LogP contribution in [0.2, 0.25) is 0 Å². The normalized spacial score (nSPS) is 15.6. The van der Waals surface area contributed by atoms with Crippen molar-refractivity contribution in [3.05, 3.63) is 90.5 Å². The van der Waals surface area contributed by atoms with E-state index in [2.05, 4.69) is 20.9 Å². The van der Waals surface area contributed by atoms with Crippen LogP contribution in [0.15, 0.2) is 62.6 Å². The fraction of sp³-hybridized carbons (Fsp3) is 0.0556. The molecule has 2 heterocycles. The Labute approximate surface area is 154 Å². The first-order chi connectivity index (χ1) is 12.5. The second-order valence-electron chi connectivity index (χ2n) is 5.68. The van der Waals surface area contributed by atoms with Gasteiger partial charge in [-0.25, -0.2) is 14.2 Å². The lowest BCUT2D eigenvalue weighted by Gasteiger charge is -2.15. The molecule has 0 radical (unpaired) electrons. The summed E-state index contributed by atoms with van der Waals surface area (Å²) in [7, 11) is 0. The fourth-order valence-electron chi connectivity index (χ4n) is 2.96. The molecule has 0 saturated carbocycles. The van der Waals surface area contributed by atoms with Crippen molar-refractivity contribution < 1.29 is 14.6 Å². The van der Waals surface area contributed by atoms with Crippen molar-refractivity contribution in [2.24, 2.45) is 0 Å². The number of carbonyl (C=O) groups is 1. The van der Waals surface area contributed by atoms with E-state index in [1.807, 2.05) is 0 Å². The molecule has 0 unspecified atom stereocenters. The van der Waals surface area contributed by atoms with Gasteiger partial charge in [-0.05, 0) is 30.3 Å². The number of ether oxygens (including phenoxy) is 1. The summed E-state index contributed by atoms with van der Waals surface area (Å²) in [5.41, 5.74) is -0.680.